The SMILES string of the molecule is CN(C)c1ccnc(-c2coc(Oc3cccc(C4(c5ccccn5)c5ccccc5-c5ccccc54)c3)c2)c1. The maximum Gasteiger partial charge on any atom is 0.290 e. The number of fused-ring (bicyclic) bond motifs is 3. The van der Waals surface area contributed by atoms with E-state index in [4.69, 9.17) is 14.1 Å². The summed E-state index contributed by atoms with van der Waals surface area (Å²) >= 11 is 0. The normalized spacial score (nSPS) is 12.9. The number of benzene rings is 3. The number of rotatable bonds is 6. The summed E-state index contributed by atoms with van der Waals surface area (Å²) in [5.74, 6) is 1.09. The molecule has 0 aliphatic heterocycles. The fourth-order valence-electron chi connectivity index (χ4n) is 5.82. The van der Waals surface area contributed by atoms with Crippen molar-refractivity contribution in [3.05, 3.63) is 150 Å². The van der Waals surface area contributed by atoms with Crippen LogP contribution in [0.2, 0.25) is 0 Å². The molecular weight excluding hydrogens is 494 g/mol. The number of nitrogens with zero attached hydrogens (tertiary/aromatic N) is 3. The molecule has 3 aromatic heterocycles. The molecule has 194 valence electrons. The maximum absolute atomic E-state index is 6.29. The van der Waals surface area contributed by atoms with E-state index in [0.29, 0.717) is 11.7 Å². The molecule has 0 spiro atoms. The zero-order valence-corrected chi connectivity index (χ0v) is 22.3. The third kappa shape index (κ3) is 3.78. The fraction of sp³-hybridized carbons (Fsp3) is 0.0857. The van der Waals surface area contributed by atoms with Crippen LogP contribution < -0.4 is 9.64 Å². The van der Waals surface area contributed by atoms with Crippen molar-refractivity contribution in [2.24, 2.45) is 0 Å². The molecule has 0 N–H and O–H groups in total. The van der Waals surface area contributed by atoms with Gasteiger partial charge in [-0.3, -0.25) is 9.97 Å². The van der Waals surface area contributed by atoms with Gasteiger partial charge >= 0.3 is 0 Å². The molecule has 1 aliphatic carbocycles. The van der Waals surface area contributed by atoms with E-state index in [1.54, 1.807) is 12.5 Å². The monoisotopic (exact) mass is 521 g/mol. The molecule has 7 rings (SSSR count). The van der Waals surface area contributed by atoms with Crippen LogP contribution in [0.4, 0.5) is 5.69 Å². The number of furan rings is 1. The predicted octanol–water partition coefficient (Wildman–Crippen LogP) is 7.96. The van der Waals surface area contributed by atoms with Crippen molar-refractivity contribution >= 4 is 5.69 Å². The van der Waals surface area contributed by atoms with Gasteiger partial charge in [0.05, 0.1) is 16.8 Å². The molecule has 3 heterocycles. The first kappa shape index (κ1) is 23.9. The standard InChI is InChI=1S/C35H27N3O2/c1-38(2)26-17-19-36-32(22-26)24-20-34(39-23-24)40-27-11-9-10-25(21-27)35(33-16-7-8-18-37-33)30-14-5-3-12-28(30)29-13-4-6-15-31(29)35/h3-23H,1-2H3. The van der Waals surface area contributed by atoms with Gasteiger partial charge in [0.2, 0.25) is 0 Å². The lowest BCUT2D eigenvalue weighted by molar-refractivity contribution is 0.346. The van der Waals surface area contributed by atoms with Crippen molar-refractivity contribution in [3.63, 3.8) is 0 Å². The Morgan fingerprint density at radius 1 is 0.700 bits per heavy atom. The van der Waals surface area contributed by atoms with Crippen molar-refractivity contribution < 1.29 is 9.15 Å². The van der Waals surface area contributed by atoms with Gasteiger partial charge in [-0.15, -0.1) is 0 Å². The summed E-state index contributed by atoms with van der Waals surface area (Å²) in [5.41, 5.74) is 9.07. The van der Waals surface area contributed by atoms with Crippen LogP contribution in [0.1, 0.15) is 22.4 Å². The first-order valence-electron chi connectivity index (χ1n) is 13.3. The van der Waals surface area contributed by atoms with Gasteiger partial charge in [0.25, 0.3) is 5.95 Å². The zero-order valence-electron chi connectivity index (χ0n) is 22.3. The van der Waals surface area contributed by atoms with Crippen molar-refractivity contribution in [1.29, 1.82) is 0 Å². The van der Waals surface area contributed by atoms with E-state index < -0.39 is 5.41 Å². The number of aromatic nitrogens is 2. The van der Waals surface area contributed by atoms with Crippen molar-refractivity contribution in [2.45, 2.75) is 5.41 Å². The summed E-state index contributed by atoms with van der Waals surface area (Å²) in [5, 5.41) is 0. The Bertz CT molecular complexity index is 1780. The fourth-order valence-corrected chi connectivity index (χ4v) is 5.82. The van der Waals surface area contributed by atoms with Crippen LogP contribution in [-0.2, 0) is 5.41 Å². The molecule has 0 amide bonds. The van der Waals surface area contributed by atoms with Gasteiger partial charge in [0.15, 0.2) is 0 Å². The Morgan fingerprint density at radius 3 is 2.17 bits per heavy atom. The topological polar surface area (TPSA) is 51.4 Å². The van der Waals surface area contributed by atoms with Crippen molar-refractivity contribution in [2.75, 3.05) is 19.0 Å². The number of hydrogen-bond acceptors (Lipinski definition) is 5. The molecule has 40 heavy (non-hydrogen) atoms. The molecule has 0 unspecified atom stereocenters. The Balaban J connectivity index is 1.32. The maximum atomic E-state index is 6.29. The second-order valence-electron chi connectivity index (χ2n) is 10.1. The van der Waals surface area contributed by atoms with Crippen LogP contribution in [0.5, 0.6) is 11.7 Å². The Morgan fingerprint density at radius 2 is 1.45 bits per heavy atom. The lowest BCUT2D eigenvalue weighted by Gasteiger charge is -2.32. The summed E-state index contributed by atoms with van der Waals surface area (Å²) in [7, 11) is 4.02. The summed E-state index contributed by atoms with van der Waals surface area (Å²) in [6.45, 7) is 0. The third-order valence-electron chi connectivity index (χ3n) is 7.62. The smallest absolute Gasteiger partial charge is 0.290 e. The van der Waals surface area contributed by atoms with Crippen molar-refractivity contribution in [3.8, 4) is 34.1 Å². The molecule has 0 fully saturated rings. The molecule has 5 heteroatoms. The average molecular weight is 522 g/mol. The molecule has 0 saturated heterocycles. The van der Waals surface area contributed by atoms with Gasteiger partial charge in [0.1, 0.15) is 12.0 Å². The minimum absolute atomic E-state index is 0.406. The molecule has 5 nitrogen and oxygen atoms in total. The van der Waals surface area contributed by atoms with E-state index in [2.05, 4.69) is 77.8 Å². The van der Waals surface area contributed by atoms with E-state index in [-0.39, 0.29) is 0 Å². The van der Waals surface area contributed by atoms with E-state index in [1.807, 2.05) is 61.6 Å². The zero-order chi connectivity index (χ0) is 27.1. The molecular formula is C35H27N3O2. The highest BCUT2D eigenvalue weighted by molar-refractivity contribution is 5.85. The summed E-state index contributed by atoms with van der Waals surface area (Å²) in [4.78, 5) is 11.5. The Labute approximate surface area is 233 Å². The first-order chi connectivity index (χ1) is 19.6. The first-order valence-corrected chi connectivity index (χ1v) is 13.3. The van der Waals surface area contributed by atoms with Crippen molar-refractivity contribution in [1.82, 2.24) is 9.97 Å². The summed E-state index contributed by atoms with van der Waals surface area (Å²) < 4.78 is 12.1. The molecule has 3 aromatic carbocycles. The van der Waals surface area contributed by atoms with E-state index in [0.717, 1.165) is 28.2 Å². The van der Waals surface area contributed by atoms with E-state index in [9.17, 15) is 0 Å². The molecule has 0 radical (unpaired) electrons. The van der Waals surface area contributed by atoms with Gasteiger partial charge in [0, 0.05) is 43.8 Å². The van der Waals surface area contributed by atoms with Gasteiger partial charge in [-0.1, -0.05) is 66.7 Å². The molecule has 0 bridgehead atoms. The van der Waals surface area contributed by atoms with Crippen LogP contribution in [0.25, 0.3) is 22.4 Å². The molecule has 0 atom stereocenters. The Kier molecular flexibility index (Phi) is 5.71. The quantitative estimate of drug-likeness (QED) is 0.222. The lowest BCUT2D eigenvalue weighted by Crippen LogP contribution is -2.29. The average Bonchev–Trinajstić information content (AvgIpc) is 3.59. The van der Waals surface area contributed by atoms with Crippen LogP contribution in [0.15, 0.2) is 132 Å². The highest BCUT2D eigenvalue weighted by atomic mass is 16.6. The highest BCUT2D eigenvalue weighted by Crippen LogP contribution is 2.55. The summed E-state index contributed by atoms with van der Waals surface area (Å²) in [6, 6.07) is 37.5. The van der Waals surface area contributed by atoms with Gasteiger partial charge in [-0.05, 0) is 64.2 Å². The third-order valence-corrected chi connectivity index (χ3v) is 7.62. The number of ether oxygens (including phenoxy) is 1. The molecule has 6 aromatic rings. The largest absolute Gasteiger partial charge is 0.433 e. The number of anilines is 1. The molecule has 0 saturated carbocycles. The van der Waals surface area contributed by atoms with E-state index >= 15 is 0 Å². The molecule has 1 aliphatic rings. The minimum Gasteiger partial charge on any atom is -0.433 e. The van der Waals surface area contributed by atoms with Gasteiger partial charge < -0.3 is 14.1 Å². The van der Waals surface area contributed by atoms with Gasteiger partial charge in [-0.2, -0.15) is 0 Å². The number of pyridine rings is 2. The second kappa shape index (κ2) is 9.54. The summed E-state index contributed by atoms with van der Waals surface area (Å²) in [6.07, 6.45) is 5.35. The van der Waals surface area contributed by atoms with E-state index in [1.165, 1.54) is 22.3 Å². The predicted molar refractivity (Wildman–Crippen MR) is 158 cm³/mol. The second-order valence-corrected chi connectivity index (χ2v) is 10.1. The van der Waals surface area contributed by atoms with Crippen LogP contribution in [0.3, 0.4) is 0 Å². The van der Waals surface area contributed by atoms with Crippen LogP contribution in [-0.4, -0.2) is 24.1 Å². The Hall–Kier alpha value is -5.16. The minimum atomic E-state index is -0.585. The number of hydrogen-bond donors (Lipinski definition) is 0. The lowest BCUT2D eigenvalue weighted by atomic mass is 9.70. The highest BCUT2D eigenvalue weighted by Gasteiger charge is 2.47. The van der Waals surface area contributed by atoms with Gasteiger partial charge in [-0.25, -0.2) is 0 Å². The van der Waals surface area contributed by atoms with Crippen LogP contribution >= 0.6 is 0 Å². The van der Waals surface area contributed by atoms with Crippen LogP contribution in [0, 0.1) is 0 Å².